The minimum absolute atomic E-state index is 0.147. The summed E-state index contributed by atoms with van der Waals surface area (Å²) in [6.45, 7) is 0. The van der Waals surface area contributed by atoms with Crippen LogP contribution in [0.3, 0.4) is 0 Å². The number of allylic oxidation sites excluding steroid dienone is 4. The lowest BCUT2D eigenvalue weighted by Gasteiger charge is -2.21. The smallest absolute Gasteiger partial charge is 0.0701 e. The first kappa shape index (κ1) is 18.6. The highest BCUT2D eigenvalue weighted by molar-refractivity contribution is 5.66. The molecule has 3 aromatic carbocycles. The Morgan fingerprint density at radius 2 is 1.28 bits per heavy atom. The van der Waals surface area contributed by atoms with Crippen LogP contribution in [-0.4, -0.2) is 6.04 Å². The number of anilines is 3. The summed E-state index contributed by atoms with van der Waals surface area (Å²) < 4.78 is 0. The fourth-order valence-corrected chi connectivity index (χ4v) is 3.30. The monoisotopic (exact) mass is 376 g/mol. The van der Waals surface area contributed by atoms with E-state index in [1.54, 1.807) is 0 Å². The molecule has 29 heavy (non-hydrogen) atoms. The van der Waals surface area contributed by atoms with Crippen molar-refractivity contribution in [3.05, 3.63) is 139 Å². The molecule has 0 aromatic heterocycles. The number of para-hydroxylation sites is 3. The van der Waals surface area contributed by atoms with Gasteiger partial charge in [0.1, 0.15) is 0 Å². The van der Waals surface area contributed by atoms with Crippen LogP contribution in [0.4, 0.5) is 17.1 Å². The van der Waals surface area contributed by atoms with Crippen LogP contribution in [0, 0.1) is 0 Å². The molecule has 0 saturated heterocycles. The number of hydrogen-bond donors (Lipinski definition) is 1. The first-order valence-electron chi connectivity index (χ1n) is 9.84. The Hall–Kier alpha value is -3.78. The molecule has 2 heteroatoms. The quantitative estimate of drug-likeness (QED) is 0.505. The molecule has 0 aliphatic heterocycles. The maximum Gasteiger partial charge on any atom is 0.0701 e. The van der Waals surface area contributed by atoms with Gasteiger partial charge in [0.05, 0.1) is 6.04 Å². The Morgan fingerprint density at radius 1 is 0.690 bits per heavy atom. The first-order valence-corrected chi connectivity index (χ1v) is 9.84. The molecule has 0 radical (unpaired) electrons. The van der Waals surface area contributed by atoms with E-state index in [4.69, 9.17) is 0 Å². The normalized spacial score (nSPS) is 17.0. The van der Waals surface area contributed by atoms with Gasteiger partial charge in [-0.2, -0.15) is 0 Å². The summed E-state index contributed by atoms with van der Waals surface area (Å²) >= 11 is 0. The van der Waals surface area contributed by atoms with E-state index in [2.05, 4.69) is 114 Å². The highest BCUT2D eigenvalue weighted by Gasteiger charge is 2.10. The van der Waals surface area contributed by atoms with E-state index < -0.39 is 0 Å². The molecule has 1 N–H and O–H groups in total. The summed E-state index contributed by atoms with van der Waals surface area (Å²) in [6, 6.07) is 31.2. The zero-order valence-electron chi connectivity index (χ0n) is 16.2. The van der Waals surface area contributed by atoms with E-state index in [1.807, 2.05) is 30.3 Å². The molecule has 1 atom stereocenters. The molecular weight excluding hydrogens is 352 g/mol. The predicted molar refractivity (Wildman–Crippen MR) is 124 cm³/mol. The van der Waals surface area contributed by atoms with Gasteiger partial charge in [0.15, 0.2) is 0 Å². The molecule has 0 amide bonds. The number of benzene rings is 3. The van der Waals surface area contributed by atoms with Crippen molar-refractivity contribution in [2.75, 3.05) is 10.2 Å². The van der Waals surface area contributed by atoms with Crippen LogP contribution >= 0.6 is 0 Å². The fourth-order valence-electron chi connectivity index (χ4n) is 3.30. The Labute approximate surface area is 172 Å². The van der Waals surface area contributed by atoms with Gasteiger partial charge in [-0.1, -0.05) is 85.0 Å². The second-order valence-electron chi connectivity index (χ2n) is 6.78. The van der Waals surface area contributed by atoms with E-state index in [0.29, 0.717) is 0 Å². The zero-order chi connectivity index (χ0) is 19.7. The highest BCUT2D eigenvalue weighted by atomic mass is 15.1. The highest BCUT2D eigenvalue weighted by Crippen LogP contribution is 2.25. The molecule has 1 aliphatic rings. The third-order valence-electron chi connectivity index (χ3n) is 4.75. The molecule has 4 rings (SSSR count). The molecule has 1 aliphatic carbocycles. The van der Waals surface area contributed by atoms with Crippen molar-refractivity contribution in [2.45, 2.75) is 6.04 Å². The summed E-state index contributed by atoms with van der Waals surface area (Å²) in [5, 5.41) is 3.58. The van der Waals surface area contributed by atoms with Crippen LogP contribution in [0.25, 0.3) is 0 Å². The molecular formula is C27H24N2. The number of hydrogen-bond acceptors (Lipinski definition) is 2. The molecule has 3 aromatic rings. The lowest BCUT2D eigenvalue weighted by Crippen LogP contribution is -2.19. The summed E-state index contributed by atoms with van der Waals surface area (Å²) in [7, 11) is 0. The first-order chi connectivity index (χ1) is 14.4. The lowest BCUT2D eigenvalue weighted by atomic mass is 10.0. The van der Waals surface area contributed by atoms with Crippen molar-refractivity contribution in [3.8, 4) is 0 Å². The standard InChI is InChI=1S/C27H24N2/c1-4-15-24(16-5-1)28-27-21-11-10-13-23(27)14-12-22-29(25-17-6-2-7-18-25)26-19-8-3-9-20-26/h1-22,27-28H. The van der Waals surface area contributed by atoms with Crippen molar-refractivity contribution >= 4 is 17.1 Å². The maximum atomic E-state index is 3.58. The Bertz CT molecular complexity index is 976. The van der Waals surface area contributed by atoms with E-state index in [9.17, 15) is 0 Å². The van der Waals surface area contributed by atoms with E-state index >= 15 is 0 Å². The summed E-state index contributed by atoms with van der Waals surface area (Å²) in [4.78, 5) is 2.19. The average Bonchev–Trinajstić information content (AvgIpc) is 2.80. The van der Waals surface area contributed by atoms with Crippen LogP contribution in [0.5, 0.6) is 0 Å². The SMILES string of the molecule is C1=CC(=CC=CN(c2ccccc2)c2ccccc2)C(Nc2ccccc2)C=C1. The van der Waals surface area contributed by atoms with Crippen LogP contribution in [0.2, 0.25) is 0 Å². The number of nitrogens with zero attached hydrogens (tertiary/aromatic N) is 1. The van der Waals surface area contributed by atoms with Gasteiger partial charge in [0, 0.05) is 23.3 Å². The topological polar surface area (TPSA) is 15.3 Å². The van der Waals surface area contributed by atoms with Crippen LogP contribution in [0.1, 0.15) is 0 Å². The number of nitrogens with one attached hydrogen (secondary N) is 1. The molecule has 0 bridgehead atoms. The largest absolute Gasteiger partial charge is 0.375 e. The number of rotatable bonds is 6. The van der Waals surface area contributed by atoms with Crippen molar-refractivity contribution in [2.24, 2.45) is 0 Å². The third kappa shape index (κ3) is 4.94. The summed E-state index contributed by atoms with van der Waals surface area (Å²) in [6.07, 6.45) is 14.9. The van der Waals surface area contributed by atoms with Gasteiger partial charge < -0.3 is 10.2 Å². The molecule has 0 saturated carbocycles. The summed E-state index contributed by atoms with van der Waals surface area (Å²) in [5.41, 5.74) is 4.59. The van der Waals surface area contributed by atoms with Gasteiger partial charge in [-0.05, 0) is 48.0 Å². The minimum atomic E-state index is 0.147. The van der Waals surface area contributed by atoms with Crippen molar-refractivity contribution in [1.29, 1.82) is 0 Å². The summed E-state index contributed by atoms with van der Waals surface area (Å²) in [5.74, 6) is 0. The second-order valence-corrected chi connectivity index (χ2v) is 6.78. The Balaban J connectivity index is 1.57. The molecule has 2 nitrogen and oxygen atoms in total. The van der Waals surface area contributed by atoms with Crippen LogP contribution < -0.4 is 10.2 Å². The maximum absolute atomic E-state index is 3.58. The van der Waals surface area contributed by atoms with E-state index in [0.717, 1.165) is 17.1 Å². The van der Waals surface area contributed by atoms with Crippen molar-refractivity contribution in [3.63, 3.8) is 0 Å². The lowest BCUT2D eigenvalue weighted by molar-refractivity contribution is 1.04. The van der Waals surface area contributed by atoms with Gasteiger partial charge >= 0.3 is 0 Å². The predicted octanol–water partition coefficient (Wildman–Crippen LogP) is 6.87. The fraction of sp³-hybridized carbons (Fsp3) is 0.0370. The van der Waals surface area contributed by atoms with E-state index in [1.165, 1.54) is 5.57 Å². The minimum Gasteiger partial charge on any atom is -0.375 e. The zero-order valence-corrected chi connectivity index (χ0v) is 16.2. The Kier molecular flexibility index (Phi) is 6.04. The van der Waals surface area contributed by atoms with Gasteiger partial charge in [0.25, 0.3) is 0 Å². The van der Waals surface area contributed by atoms with Crippen LogP contribution in [0.15, 0.2) is 139 Å². The molecule has 142 valence electrons. The molecule has 1 unspecified atom stereocenters. The average molecular weight is 377 g/mol. The van der Waals surface area contributed by atoms with Gasteiger partial charge in [0.2, 0.25) is 0 Å². The van der Waals surface area contributed by atoms with Crippen molar-refractivity contribution in [1.82, 2.24) is 0 Å². The van der Waals surface area contributed by atoms with E-state index in [-0.39, 0.29) is 6.04 Å². The molecule has 0 fully saturated rings. The molecule has 0 heterocycles. The van der Waals surface area contributed by atoms with Gasteiger partial charge in [-0.15, -0.1) is 0 Å². The van der Waals surface area contributed by atoms with Crippen molar-refractivity contribution < 1.29 is 0 Å². The Morgan fingerprint density at radius 3 is 1.90 bits per heavy atom. The second kappa shape index (κ2) is 9.43. The van der Waals surface area contributed by atoms with Crippen LogP contribution in [-0.2, 0) is 0 Å². The third-order valence-corrected chi connectivity index (χ3v) is 4.75. The van der Waals surface area contributed by atoms with Gasteiger partial charge in [-0.3, -0.25) is 0 Å². The molecule has 0 spiro atoms. The van der Waals surface area contributed by atoms with Gasteiger partial charge in [-0.25, -0.2) is 0 Å².